The summed E-state index contributed by atoms with van der Waals surface area (Å²) in [5, 5.41) is 0. The van der Waals surface area contributed by atoms with Crippen molar-refractivity contribution in [2.75, 3.05) is 6.54 Å². The minimum absolute atomic E-state index is 0.627. The number of rotatable bonds is 4. The van der Waals surface area contributed by atoms with Gasteiger partial charge in [0.1, 0.15) is 0 Å². The second-order valence-corrected chi connectivity index (χ2v) is 1.88. The van der Waals surface area contributed by atoms with E-state index >= 15 is 0 Å². The summed E-state index contributed by atoms with van der Waals surface area (Å²) in [6, 6.07) is 0. The number of allylic oxidation sites excluding steroid dienone is 3. The number of nitrogens with two attached hydrogens (primary N) is 1. The standard InChI is InChI=1S/C8H14N2/c1-3-4-5-8(10-2)6-7-9/h3-5H,2,6-7,9H2,1H3/b4-3-,8-5-. The molecule has 2 nitrogen and oxygen atoms in total. The zero-order chi connectivity index (χ0) is 7.82. The number of hydrogen-bond donors (Lipinski definition) is 1. The Bertz CT molecular complexity index is 145. The molecule has 0 atom stereocenters. The van der Waals surface area contributed by atoms with Gasteiger partial charge in [-0.2, -0.15) is 0 Å². The maximum absolute atomic E-state index is 5.32. The topological polar surface area (TPSA) is 38.4 Å². The lowest BCUT2D eigenvalue weighted by Crippen LogP contribution is -1.98. The van der Waals surface area contributed by atoms with Crippen molar-refractivity contribution in [1.29, 1.82) is 0 Å². The summed E-state index contributed by atoms with van der Waals surface area (Å²) < 4.78 is 0. The van der Waals surface area contributed by atoms with Crippen molar-refractivity contribution in [3.05, 3.63) is 23.9 Å². The van der Waals surface area contributed by atoms with Crippen molar-refractivity contribution in [1.82, 2.24) is 0 Å². The van der Waals surface area contributed by atoms with Crippen molar-refractivity contribution in [3.63, 3.8) is 0 Å². The quantitative estimate of drug-likeness (QED) is 0.464. The molecule has 0 aliphatic carbocycles. The minimum Gasteiger partial charge on any atom is -0.330 e. The van der Waals surface area contributed by atoms with Gasteiger partial charge in [-0.05, 0) is 26.3 Å². The van der Waals surface area contributed by atoms with E-state index in [1.807, 2.05) is 25.2 Å². The van der Waals surface area contributed by atoms with Gasteiger partial charge in [0.15, 0.2) is 0 Å². The Morgan fingerprint density at radius 1 is 1.70 bits per heavy atom. The molecule has 10 heavy (non-hydrogen) atoms. The summed E-state index contributed by atoms with van der Waals surface area (Å²) in [6.45, 7) is 6.01. The van der Waals surface area contributed by atoms with Crippen LogP contribution in [0, 0.1) is 0 Å². The van der Waals surface area contributed by atoms with Crippen molar-refractivity contribution in [3.8, 4) is 0 Å². The molecule has 56 valence electrons. The van der Waals surface area contributed by atoms with Crippen LogP contribution < -0.4 is 5.73 Å². The predicted molar refractivity (Wildman–Crippen MR) is 46.1 cm³/mol. The van der Waals surface area contributed by atoms with Crippen LogP contribution in [-0.4, -0.2) is 13.3 Å². The fourth-order valence-corrected chi connectivity index (χ4v) is 0.570. The van der Waals surface area contributed by atoms with E-state index in [2.05, 4.69) is 11.7 Å². The molecule has 0 fully saturated rings. The van der Waals surface area contributed by atoms with Gasteiger partial charge in [-0.15, -0.1) is 0 Å². The third-order valence-corrected chi connectivity index (χ3v) is 1.08. The Kier molecular flexibility index (Phi) is 5.68. The van der Waals surface area contributed by atoms with E-state index < -0.39 is 0 Å². The van der Waals surface area contributed by atoms with Crippen molar-refractivity contribution >= 4 is 6.72 Å². The summed E-state index contributed by atoms with van der Waals surface area (Å²) in [6.07, 6.45) is 6.59. The molecule has 0 aromatic carbocycles. The van der Waals surface area contributed by atoms with Gasteiger partial charge in [-0.25, -0.2) is 0 Å². The molecule has 0 saturated carbocycles. The molecule has 0 bridgehead atoms. The molecule has 0 saturated heterocycles. The summed E-state index contributed by atoms with van der Waals surface area (Å²) >= 11 is 0. The summed E-state index contributed by atoms with van der Waals surface area (Å²) in [5.74, 6) is 0. The molecule has 0 amide bonds. The zero-order valence-corrected chi connectivity index (χ0v) is 6.38. The normalized spacial score (nSPS) is 12.4. The molecule has 0 radical (unpaired) electrons. The first kappa shape index (κ1) is 9.11. The predicted octanol–water partition coefficient (Wildman–Crippen LogP) is 1.50. The highest BCUT2D eigenvalue weighted by atomic mass is 14.7. The van der Waals surface area contributed by atoms with E-state index in [4.69, 9.17) is 5.73 Å². The fourth-order valence-electron chi connectivity index (χ4n) is 0.570. The number of hydrogen-bond acceptors (Lipinski definition) is 2. The first-order chi connectivity index (χ1) is 4.85. The van der Waals surface area contributed by atoms with Crippen LogP contribution in [0.4, 0.5) is 0 Å². The van der Waals surface area contributed by atoms with Gasteiger partial charge in [0.05, 0.1) is 0 Å². The van der Waals surface area contributed by atoms with Gasteiger partial charge in [0.2, 0.25) is 0 Å². The van der Waals surface area contributed by atoms with E-state index in [1.54, 1.807) is 0 Å². The molecule has 0 unspecified atom stereocenters. The smallest absolute Gasteiger partial charge is 0.0408 e. The van der Waals surface area contributed by atoms with Crippen LogP contribution in [0.1, 0.15) is 13.3 Å². The maximum atomic E-state index is 5.32. The molecule has 0 rings (SSSR count). The first-order valence-corrected chi connectivity index (χ1v) is 3.33. The molecule has 0 aliphatic heterocycles. The maximum Gasteiger partial charge on any atom is 0.0408 e. The second-order valence-electron chi connectivity index (χ2n) is 1.88. The van der Waals surface area contributed by atoms with Crippen LogP contribution in [0.25, 0.3) is 0 Å². The number of aliphatic imine (C=N–C) groups is 1. The average molecular weight is 138 g/mol. The first-order valence-electron chi connectivity index (χ1n) is 3.33. The van der Waals surface area contributed by atoms with Crippen molar-refractivity contribution < 1.29 is 0 Å². The van der Waals surface area contributed by atoms with Gasteiger partial charge in [0, 0.05) is 12.1 Å². The highest BCUT2D eigenvalue weighted by Crippen LogP contribution is 1.99. The van der Waals surface area contributed by atoms with E-state index in [9.17, 15) is 0 Å². The molecule has 0 aliphatic rings. The van der Waals surface area contributed by atoms with Crippen LogP contribution >= 0.6 is 0 Å². The van der Waals surface area contributed by atoms with E-state index in [0.29, 0.717) is 6.54 Å². The lowest BCUT2D eigenvalue weighted by molar-refractivity contribution is 0.939. The minimum atomic E-state index is 0.627. The Balaban J connectivity index is 3.90. The Hall–Kier alpha value is -0.890. The fraction of sp³-hybridized carbons (Fsp3) is 0.375. The summed E-state index contributed by atoms with van der Waals surface area (Å²) in [4.78, 5) is 3.80. The largest absolute Gasteiger partial charge is 0.330 e. The third kappa shape index (κ3) is 4.04. The molecular weight excluding hydrogens is 124 g/mol. The molecule has 0 aromatic heterocycles. The van der Waals surface area contributed by atoms with Crippen LogP contribution in [0.15, 0.2) is 28.9 Å². The van der Waals surface area contributed by atoms with Gasteiger partial charge in [-0.1, -0.05) is 12.2 Å². The molecule has 2 N–H and O–H groups in total. The average Bonchev–Trinajstić information content (AvgIpc) is 1.98. The SMILES string of the molecule is C=N/C(=C\C=C/C)CCN. The molecule has 0 spiro atoms. The Labute approximate surface area is 62.1 Å². The van der Waals surface area contributed by atoms with Gasteiger partial charge in [-0.3, -0.25) is 4.99 Å². The monoisotopic (exact) mass is 138 g/mol. The van der Waals surface area contributed by atoms with Crippen molar-refractivity contribution in [2.24, 2.45) is 10.7 Å². The van der Waals surface area contributed by atoms with Crippen molar-refractivity contribution in [2.45, 2.75) is 13.3 Å². The summed E-state index contributed by atoms with van der Waals surface area (Å²) in [5.41, 5.74) is 6.27. The Morgan fingerprint density at radius 3 is 2.80 bits per heavy atom. The van der Waals surface area contributed by atoms with E-state index in [0.717, 1.165) is 12.1 Å². The van der Waals surface area contributed by atoms with Crippen LogP contribution in [0.2, 0.25) is 0 Å². The number of nitrogens with zero attached hydrogens (tertiary/aromatic N) is 1. The van der Waals surface area contributed by atoms with Gasteiger partial charge < -0.3 is 5.73 Å². The van der Waals surface area contributed by atoms with Gasteiger partial charge >= 0.3 is 0 Å². The summed E-state index contributed by atoms with van der Waals surface area (Å²) in [7, 11) is 0. The van der Waals surface area contributed by atoms with Crippen LogP contribution in [0.3, 0.4) is 0 Å². The molecular formula is C8H14N2. The molecule has 2 heteroatoms. The van der Waals surface area contributed by atoms with Gasteiger partial charge in [0.25, 0.3) is 0 Å². The van der Waals surface area contributed by atoms with Crippen LogP contribution in [0.5, 0.6) is 0 Å². The highest BCUT2D eigenvalue weighted by molar-refractivity contribution is 5.30. The molecule has 0 heterocycles. The highest BCUT2D eigenvalue weighted by Gasteiger charge is 1.86. The Morgan fingerprint density at radius 2 is 2.40 bits per heavy atom. The van der Waals surface area contributed by atoms with E-state index in [-0.39, 0.29) is 0 Å². The molecule has 0 aromatic rings. The van der Waals surface area contributed by atoms with E-state index in [1.165, 1.54) is 0 Å². The zero-order valence-electron chi connectivity index (χ0n) is 6.38. The third-order valence-electron chi connectivity index (χ3n) is 1.08. The van der Waals surface area contributed by atoms with Crippen LogP contribution in [-0.2, 0) is 0 Å². The lowest BCUT2D eigenvalue weighted by atomic mass is 10.3. The lowest BCUT2D eigenvalue weighted by Gasteiger charge is -1.93. The second kappa shape index (κ2) is 6.23.